The van der Waals surface area contributed by atoms with Crippen molar-refractivity contribution in [2.75, 3.05) is 19.8 Å². The molecule has 0 heterocycles. The lowest BCUT2D eigenvalue weighted by Gasteiger charge is -2.25. The van der Waals surface area contributed by atoms with Crippen molar-refractivity contribution in [1.82, 2.24) is 0 Å². The molecule has 34 heavy (non-hydrogen) atoms. The minimum Gasteiger partial charge on any atom is -0.489 e. The highest BCUT2D eigenvalue weighted by Crippen LogP contribution is 2.37. The zero-order chi connectivity index (χ0) is 25.4. The molecule has 12 heteroatoms. The van der Waals surface area contributed by atoms with Crippen molar-refractivity contribution in [3.63, 3.8) is 0 Å². The first-order valence-corrected chi connectivity index (χ1v) is 10.6. The third-order valence-electron chi connectivity index (χ3n) is 4.86. The lowest BCUT2D eigenvalue weighted by atomic mass is 9.93. The van der Waals surface area contributed by atoms with Crippen molar-refractivity contribution in [3.05, 3.63) is 70.8 Å². The second-order valence-electron chi connectivity index (χ2n) is 7.53. The fourth-order valence-corrected chi connectivity index (χ4v) is 3.24. The van der Waals surface area contributed by atoms with E-state index in [1.54, 1.807) is 0 Å². The molecule has 0 amide bonds. The summed E-state index contributed by atoms with van der Waals surface area (Å²) in [5.74, 6) is -0.414. The van der Waals surface area contributed by atoms with Gasteiger partial charge in [0.25, 0.3) is 0 Å². The standard InChI is InChI=1S/C22H22F6NO4P/c23-21(24,25)17-6-3-15(4-7-17)2-1-11-32-19-8-5-16(12-18(19)22(26,27)28)9-10-20(29,13-30)14-33-34-31/h1-8,12,30H,9-11,13-14,29H2. The number of alkyl halides is 6. The topological polar surface area (TPSA) is 81.8 Å². The van der Waals surface area contributed by atoms with Crippen LogP contribution in [0.25, 0.3) is 6.08 Å². The van der Waals surface area contributed by atoms with Gasteiger partial charge in [0.15, 0.2) is 0 Å². The van der Waals surface area contributed by atoms with Gasteiger partial charge in [-0.2, -0.15) is 26.3 Å². The van der Waals surface area contributed by atoms with Crippen molar-refractivity contribution >= 4 is 14.8 Å². The number of halogens is 6. The second-order valence-corrected chi connectivity index (χ2v) is 7.94. The molecule has 0 fully saturated rings. The fraction of sp³-hybridized carbons (Fsp3) is 0.364. The van der Waals surface area contributed by atoms with Gasteiger partial charge in [0.05, 0.1) is 29.9 Å². The highest BCUT2D eigenvalue weighted by atomic mass is 31.1. The van der Waals surface area contributed by atoms with Crippen LogP contribution in [0.1, 0.15) is 28.7 Å². The highest BCUT2D eigenvalue weighted by molar-refractivity contribution is 7.17. The van der Waals surface area contributed by atoms with Crippen LogP contribution in [0.3, 0.4) is 0 Å². The van der Waals surface area contributed by atoms with E-state index in [1.807, 2.05) is 0 Å². The molecule has 2 aromatic carbocycles. The van der Waals surface area contributed by atoms with Gasteiger partial charge in [0, 0.05) is 0 Å². The van der Waals surface area contributed by atoms with Gasteiger partial charge in [-0.1, -0.05) is 24.3 Å². The van der Waals surface area contributed by atoms with Crippen molar-refractivity contribution < 1.29 is 45.3 Å². The summed E-state index contributed by atoms with van der Waals surface area (Å²) in [5, 5.41) is 9.40. The van der Waals surface area contributed by atoms with Crippen LogP contribution in [-0.4, -0.2) is 30.5 Å². The number of benzene rings is 2. The summed E-state index contributed by atoms with van der Waals surface area (Å²) in [5.41, 5.74) is 3.56. The minimum atomic E-state index is -4.70. The quantitative estimate of drug-likeness (QED) is 0.302. The Kier molecular flexibility index (Phi) is 9.64. The second kappa shape index (κ2) is 11.8. The molecule has 0 aliphatic rings. The van der Waals surface area contributed by atoms with Gasteiger partial charge in [-0.15, -0.1) is 0 Å². The molecule has 1 atom stereocenters. The first kappa shape index (κ1) is 27.8. The summed E-state index contributed by atoms with van der Waals surface area (Å²) in [6, 6.07) is 7.78. The minimum absolute atomic E-state index is 0.0758. The van der Waals surface area contributed by atoms with Crippen LogP contribution in [0.2, 0.25) is 0 Å². The number of rotatable bonds is 11. The van der Waals surface area contributed by atoms with Crippen molar-refractivity contribution in [2.45, 2.75) is 30.7 Å². The van der Waals surface area contributed by atoms with E-state index in [2.05, 4.69) is 4.52 Å². The maximum atomic E-state index is 13.5. The van der Waals surface area contributed by atoms with Gasteiger partial charge in [-0.3, -0.25) is 4.52 Å². The average Bonchev–Trinajstić information content (AvgIpc) is 2.78. The van der Waals surface area contributed by atoms with Gasteiger partial charge >= 0.3 is 21.0 Å². The molecule has 0 radical (unpaired) electrons. The molecule has 186 valence electrons. The van der Waals surface area contributed by atoms with Crippen LogP contribution in [0.4, 0.5) is 26.3 Å². The maximum Gasteiger partial charge on any atom is 0.419 e. The molecule has 5 nitrogen and oxygen atoms in total. The number of hydrogen-bond donors (Lipinski definition) is 2. The lowest BCUT2D eigenvalue weighted by Crippen LogP contribution is -2.47. The number of ether oxygens (including phenoxy) is 1. The lowest BCUT2D eigenvalue weighted by molar-refractivity contribution is -0.139. The largest absolute Gasteiger partial charge is 0.489 e. The number of aliphatic hydroxyl groups is 1. The summed E-state index contributed by atoms with van der Waals surface area (Å²) in [6.45, 7) is -1.00. The van der Waals surface area contributed by atoms with E-state index >= 15 is 0 Å². The summed E-state index contributed by atoms with van der Waals surface area (Å²) < 4.78 is 98.7. The van der Waals surface area contributed by atoms with E-state index in [0.717, 1.165) is 24.3 Å². The predicted octanol–water partition coefficient (Wildman–Crippen LogP) is 5.66. The van der Waals surface area contributed by atoms with E-state index < -0.39 is 50.1 Å². The smallest absolute Gasteiger partial charge is 0.419 e. The number of aliphatic hydroxyl groups excluding tert-OH is 1. The van der Waals surface area contributed by atoms with E-state index in [0.29, 0.717) is 11.1 Å². The van der Waals surface area contributed by atoms with Crippen molar-refractivity contribution in [3.8, 4) is 5.75 Å². The summed E-state index contributed by atoms with van der Waals surface area (Å²) in [6.07, 6.45) is -6.18. The Morgan fingerprint density at radius 2 is 1.68 bits per heavy atom. The Balaban J connectivity index is 2.06. The third kappa shape index (κ3) is 8.39. The first-order chi connectivity index (χ1) is 15.9. The molecule has 0 spiro atoms. The molecular formula is C22H22F6NO4P. The molecule has 2 rings (SSSR count). The van der Waals surface area contributed by atoms with Gasteiger partial charge in [-0.05, 0) is 54.3 Å². The van der Waals surface area contributed by atoms with E-state index in [1.165, 1.54) is 30.4 Å². The van der Waals surface area contributed by atoms with Crippen LogP contribution in [0, 0.1) is 0 Å². The van der Waals surface area contributed by atoms with Crippen LogP contribution in [0.15, 0.2) is 48.5 Å². The van der Waals surface area contributed by atoms with Crippen molar-refractivity contribution in [1.29, 1.82) is 0 Å². The molecule has 0 saturated heterocycles. The van der Waals surface area contributed by atoms with Gasteiger partial charge in [0.2, 0.25) is 0 Å². The molecule has 2 aromatic rings. The Morgan fingerprint density at radius 3 is 2.24 bits per heavy atom. The molecule has 1 unspecified atom stereocenters. The van der Waals surface area contributed by atoms with Crippen molar-refractivity contribution in [2.24, 2.45) is 5.73 Å². The number of nitrogens with two attached hydrogens (primary N) is 1. The van der Waals surface area contributed by atoms with Crippen LogP contribution in [-0.2, 0) is 27.9 Å². The Bertz CT molecular complexity index is 979. The van der Waals surface area contributed by atoms with E-state index in [9.17, 15) is 36.0 Å². The third-order valence-corrected chi connectivity index (χ3v) is 5.10. The fourth-order valence-electron chi connectivity index (χ4n) is 2.93. The Morgan fingerprint density at radius 1 is 1.00 bits per heavy atom. The summed E-state index contributed by atoms with van der Waals surface area (Å²) in [7, 11) is -0.625. The normalized spacial score (nSPS) is 14.5. The molecule has 3 N–H and O–H groups in total. The van der Waals surface area contributed by atoms with Crippen LogP contribution in [0.5, 0.6) is 5.75 Å². The average molecular weight is 509 g/mol. The molecular weight excluding hydrogens is 487 g/mol. The predicted molar refractivity (Wildman–Crippen MR) is 113 cm³/mol. The molecule has 0 bridgehead atoms. The monoisotopic (exact) mass is 509 g/mol. The maximum absolute atomic E-state index is 13.5. The van der Waals surface area contributed by atoms with Crippen LogP contribution < -0.4 is 10.5 Å². The SMILES string of the molecule is NC(CO)(CCc1ccc(OCC=Cc2ccc(C(F)(F)F)cc2)c(C(F)(F)F)c1)COP=O. The summed E-state index contributed by atoms with van der Waals surface area (Å²) in [4.78, 5) is 0. The molecule has 0 aliphatic heterocycles. The molecule has 0 aromatic heterocycles. The van der Waals surface area contributed by atoms with E-state index in [4.69, 9.17) is 10.5 Å². The number of hydrogen-bond acceptors (Lipinski definition) is 5. The Labute approximate surface area is 193 Å². The Hall–Kier alpha value is -2.46. The van der Waals surface area contributed by atoms with Crippen LogP contribution >= 0.6 is 8.69 Å². The van der Waals surface area contributed by atoms with Gasteiger partial charge in [0.1, 0.15) is 12.4 Å². The zero-order valence-electron chi connectivity index (χ0n) is 17.7. The summed E-state index contributed by atoms with van der Waals surface area (Å²) >= 11 is 0. The molecule has 0 saturated carbocycles. The number of aryl methyl sites for hydroxylation is 1. The first-order valence-electron chi connectivity index (χ1n) is 9.89. The molecule has 0 aliphatic carbocycles. The zero-order valence-corrected chi connectivity index (χ0v) is 18.6. The van der Waals surface area contributed by atoms with E-state index in [-0.39, 0.29) is 26.1 Å². The van der Waals surface area contributed by atoms with Gasteiger partial charge < -0.3 is 15.6 Å². The highest BCUT2D eigenvalue weighted by Gasteiger charge is 2.35. The van der Waals surface area contributed by atoms with Gasteiger partial charge in [-0.25, -0.2) is 4.57 Å².